The lowest BCUT2D eigenvalue weighted by Gasteiger charge is -2.13. The Hall–Kier alpha value is -2.68. The maximum atomic E-state index is 12.6. The molecule has 0 saturated carbocycles. The van der Waals surface area contributed by atoms with Gasteiger partial charge in [-0.25, -0.2) is 8.42 Å². The van der Waals surface area contributed by atoms with Crippen LogP contribution in [0.5, 0.6) is 0 Å². The molecule has 2 heterocycles. The Kier molecular flexibility index (Phi) is 6.17. The van der Waals surface area contributed by atoms with Crippen molar-refractivity contribution >= 4 is 44.3 Å². The highest BCUT2D eigenvalue weighted by Gasteiger charge is 2.28. The average Bonchev–Trinajstić information content (AvgIpc) is 3.43. The van der Waals surface area contributed by atoms with E-state index in [9.17, 15) is 13.2 Å². The van der Waals surface area contributed by atoms with Crippen molar-refractivity contribution in [1.29, 1.82) is 0 Å². The van der Waals surface area contributed by atoms with Gasteiger partial charge in [0.25, 0.3) is 10.0 Å². The highest BCUT2D eigenvalue weighted by Crippen LogP contribution is 2.28. The van der Waals surface area contributed by atoms with Crippen LogP contribution in [0.15, 0.2) is 70.9 Å². The van der Waals surface area contributed by atoms with Crippen LogP contribution in [0.2, 0.25) is 0 Å². The zero-order chi connectivity index (χ0) is 21.0. The van der Waals surface area contributed by atoms with Crippen molar-refractivity contribution in [2.24, 2.45) is 0 Å². The van der Waals surface area contributed by atoms with Gasteiger partial charge in [0.05, 0.1) is 6.42 Å². The Labute approximate surface area is 180 Å². The van der Waals surface area contributed by atoms with Gasteiger partial charge in [-0.2, -0.15) is 4.31 Å². The molecule has 0 spiro atoms. The first kappa shape index (κ1) is 20.6. The minimum atomic E-state index is -3.43. The predicted octanol–water partition coefficient (Wildman–Crippen LogP) is 4.46. The summed E-state index contributed by atoms with van der Waals surface area (Å²) < 4.78 is 27.1. The van der Waals surface area contributed by atoms with E-state index >= 15 is 0 Å². The third kappa shape index (κ3) is 4.89. The monoisotopic (exact) mass is 441 g/mol. The number of benzene rings is 2. The van der Waals surface area contributed by atoms with Gasteiger partial charge in [0, 0.05) is 35.0 Å². The average molecular weight is 442 g/mol. The first-order chi connectivity index (χ1) is 14.5. The number of nitrogens with zero attached hydrogens (tertiary/aromatic N) is 1. The lowest BCUT2D eigenvalue weighted by molar-refractivity contribution is -0.115. The number of carbonyl (C=O) groups excluding carboxylic acids is 1. The van der Waals surface area contributed by atoms with Crippen LogP contribution in [-0.4, -0.2) is 31.7 Å². The van der Waals surface area contributed by atoms with Gasteiger partial charge in [-0.3, -0.25) is 4.79 Å². The summed E-state index contributed by atoms with van der Waals surface area (Å²) in [5.41, 5.74) is 2.61. The Morgan fingerprint density at radius 1 is 0.867 bits per heavy atom. The molecular weight excluding hydrogens is 418 g/mol. The minimum Gasteiger partial charge on any atom is -0.356 e. The topological polar surface area (TPSA) is 78.5 Å². The van der Waals surface area contributed by atoms with Crippen LogP contribution in [0.1, 0.15) is 17.7 Å². The fourth-order valence-corrected chi connectivity index (χ4v) is 6.36. The predicted molar refractivity (Wildman–Crippen MR) is 121 cm³/mol. The first-order valence-corrected chi connectivity index (χ1v) is 12.1. The van der Waals surface area contributed by atoms with E-state index in [-0.39, 0.29) is 12.3 Å². The van der Waals surface area contributed by atoms with Crippen LogP contribution in [0.25, 0.3) is 0 Å². The summed E-state index contributed by atoms with van der Waals surface area (Å²) in [6, 6.07) is 20.6. The summed E-state index contributed by atoms with van der Waals surface area (Å²) in [5, 5.41) is 6.16. The Balaban J connectivity index is 1.34. The van der Waals surface area contributed by atoms with Crippen LogP contribution in [-0.2, 0) is 21.2 Å². The maximum absolute atomic E-state index is 12.6. The van der Waals surface area contributed by atoms with E-state index in [2.05, 4.69) is 10.6 Å². The van der Waals surface area contributed by atoms with Gasteiger partial charge in [-0.05, 0) is 61.4 Å². The molecule has 0 atom stereocenters. The molecule has 1 aromatic heterocycles. The molecule has 1 aliphatic heterocycles. The Bertz CT molecular complexity index is 1100. The molecule has 3 aromatic rings. The number of carbonyl (C=O) groups is 1. The van der Waals surface area contributed by atoms with Crippen LogP contribution < -0.4 is 10.6 Å². The third-order valence-corrected chi connectivity index (χ3v) is 8.31. The number of amides is 1. The zero-order valence-electron chi connectivity index (χ0n) is 16.4. The molecule has 1 amide bonds. The summed E-state index contributed by atoms with van der Waals surface area (Å²) in [6.07, 6.45) is 1.95. The lowest BCUT2D eigenvalue weighted by atomic mass is 10.2. The van der Waals surface area contributed by atoms with Gasteiger partial charge in [0.15, 0.2) is 0 Å². The van der Waals surface area contributed by atoms with Crippen molar-refractivity contribution in [2.45, 2.75) is 23.5 Å². The molecule has 156 valence electrons. The summed E-state index contributed by atoms with van der Waals surface area (Å²) in [5.74, 6) is -0.175. The fraction of sp³-hybridized carbons (Fsp3) is 0.227. The SMILES string of the molecule is O=C(Cc1ccc(S(=O)(=O)N2CCCC2)s1)Nc1ccc(Nc2ccccc2)cc1. The third-order valence-electron chi connectivity index (χ3n) is 4.86. The van der Waals surface area contributed by atoms with Crippen LogP contribution in [0, 0.1) is 0 Å². The van der Waals surface area contributed by atoms with Gasteiger partial charge in [0.1, 0.15) is 4.21 Å². The van der Waals surface area contributed by atoms with E-state index in [1.165, 1.54) is 15.6 Å². The number of hydrogen-bond donors (Lipinski definition) is 2. The molecule has 6 nitrogen and oxygen atoms in total. The molecule has 8 heteroatoms. The lowest BCUT2D eigenvalue weighted by Crippen LogP contribution is -2.27. The van der Waals surface area contributed by atoms with Crippen LogP contribution in [0.3, 0.4) is 0 Å². The van der Waals surface area contributed by atoms with E-state index < -0.39 is 10.0 Å². The second-order valence-electron chi connectivity index (χ2n) is 7.13. The fourth-order valence-electron chi connectivity index (χ4n) is 3.34. The molecule has 0 radical (unpaired) electrons. The molecule has 4 rings (SSSR count). The zero-order valence-corrected chi connectivity index (χ0v) is 18.0. The normalized spacial score (nSPS) is 14.5. The second kappa shape index (κ2) is 8.99. The summed E-state index contributed by atoms with van der Waals surface area (Å²) >= 11 is 1.17. The summed E-state index contributed by atoms with van der Waals surface area (Å²) in [4.78, 5) is 13.1. The van der Waals surface area contributed by atoms with Crippen LogP contribution in [0.4, 0.5) is 17.1 Å². The van der Waals surface area contributed by atoms with Crippen molar-refractivity contribution < 1.29 is 13.2 Å². The first-order valence-electron chi connectivity index (χ1n) is 9.81. The highest BCUT2D eigenvalue weighted by atomic mass is 32.2. The molecule has 2 N–H and O–H groups in total. The molecule has 2 aromatic carbocycles. The van der Waals surface area contributed by atoms with E-state index in [4.69, 9.17) is 0 Å². The van der Waals surface area contributed by atoms with Gasteiger partial charge in [-0.1, -0.05) is 18.2 Å². The number of rotatable bonds is 7. The standard InChI is InChI=1S/C22H23N3O3S2/c26-21(16-20-12-13-22(29-20)30(27,28)25-14-4-5-15-25)24-19-10-8-18(9-11-19)23-17-6-2-1-3-7-17/h1-3,6-13,23H,4-5,14-16H2,(H,24,26). The van der Waals surface area contributed by atoms with Gasteiger partial charge in [-0.15, -0.1) is 11.3 Å². The number of para-hydroxylation sites is 1. The largest absolute Gasteiger partial charge is 0.356 e. The molecule has 1 saturated heterocycles. The summed E-state index contributed by atoms with van der Waals surface area (Å²) in [6.45, 7) is 1.15. The van der Waals surface area contributed by atoms with Crippen molar-refractivity contribution in [3.63, 3.8) is 0 Å². The molecule has 0 unspecified atom stereocenters. The van der Waals surface area contributed by atoms with Crippen molar-refractivity contribution in [2.75, 3.05) is 23.7 Å². The second-order valence-corrected chi connectivity index (χ2v) is 10.5. The Morgan fingerprint density at radius 2 is 1.50 bits per heavy atom. The number of hydrogen-bond acceptors (Lipinski definition) is 5. The Morgan fingerprint density at radius 3 is 2.20 bits per heavy atom. The van der Waals surface area contributed by atoms with Gasteiger partial charge >= 0.3 is 0 Å². The van der Waals surface area contributed by atoms with E-state index in [0.717, 1.165) is 29.1 Å². The molecule has 30 heavy (non-hydrogen) atoms. The quantitative estimate of drug-likeness (QED) is 0.568. The number of thiophene rings is 1. The molecular formula is C22H23N3O3S2. The molecule has 1 aliphatic rings. The minimum absolute atomic E-state index is 0.143. The van der Waals surface area contributed by atoms with E-state index in [0.29, 0.717) is 23.0 Å². The maximum Gasteiger partial charge on any atom is 0.252 e. The van der Waals surface area contributed by atoms with E-state index in [1.54, 1.807) is 12.1 Å². The van der Waals surface area contributed by atoms with Crippen molar-refractivity contribution in [1.82, 2.24) is 4.31 Å². The van der Waals surface area contributed by atoms with E-state index in [1.807, 2.05) is 54.6 Å². The molecule has 1 fully saturated rings. The number of anilines is 3. The number of nitrogens with one attached hydrogen (secondary N) is 2. The summed E-state index contributed by atoms with van der Waals surface area (Å²) in [7, 11) is -3.43. The van der Waals surface area contributed by atoms with Gasteiger partial charge in [0.2, 0.25) is 5.91 Å². The van der Waals surface area contributed by atoms with Crippen molar-refractivity contribution in [3.8, 4) is 0 Å². The van der Waals surface area contributed by atoms with Crippen molar-refractivity contribution in [3.05, 3.63) is 71.6 Å². The van der Waals surface area contributed by atoms with Gasteiger partial charge < -0.3 is 10.6 Å². The highest BCUT2D eigenvalue weighted by molar-refractivity contribution is 7.91. The molecule has 0 aliphatic carbocycles. The number of sulfonamides is 1. The smallest absolute Gasteiger partial charge is 0.252 e. The van der Waals surface area contributed by atoms with Crippen LogP contribution >= 0.6 is 11.3 Å². The molecule has 0 bridgehead atoms.